The number of anilines is 1. The Hall–Kier alpha value is 0.470. The summed E-state index contributed by atoms with van der Waals surface area (Å²) in [6.07, 6.45) is 0. The van der Waals surface area contributed by atoms with Gasteiger partial charge in [0, 0.05) is 0 Å². The Kier molecular flexibility index (Phi) is 2.92. The molecule has 1 aromatic rings. The summed E-state index contributed by atoms with van der Waals surface area (Å²) in [6, 6.07) is 0. The van der Waals surface area contributed by atoms with Crippen molar-refractivity contribution in [1.29, 1.82) is 0 Å². The highest BCUT2D eigenvalue weighted by Crippen LogP contribution is 2.26. The van der Waals surface area contributed by atoms with Gasteiger partial charge in [-0.05, 0) is 66.0 Å². The number of aromatic nitrogens is 2. The van der Waals surface area contributed by atoms with E-state index >= 15 is 0 Å². The molecule has 0 amide bonds. The fourth-order valence-electron chi connectivity index (χ4n) is 0.829. The first-order valence-electron chi connectivity index (χ1n) is 3.54. The van der Waals surface area contributed by atoms with Crippen LogP contribution in [0, 0.1) is 7.40 Å². The Morgan fingerprint density at radius 1 is 1.33 bits per heavy atom. The summed E-state index contributed by atoms with van der Waals surface area (Å²) in [5, 5.41) is 4.35. The third-order valence-electron chi connectivity index (χ3n) is 1.45. The van der Waals surface area contributed by atoms with Gasteiger partial charge < -0.3 is 5.73 Å². The summed E-state index contributed by atoms with van der Waals surface area (Å²) < 4.78 is 3.85. The van der Waals surface area contributed by atoms with Crippen molar-refractivity contribution in [2.45, 2.75) is 26.3 Å². The lowest BCUT2D eigenvalue weighted by Crippen LogP contribution is -2.24. The van der Waals surface area contributed by atoms with E-state index in [1.54, 1.807) is 0 Å². The maximum absolute atomic E-state index is 5.80. The molecule has 0 aliphatic carbocycles. The summed E-state index contributed by atoms with van der Waals surface area (Å²) in [5.41, 5.74) is 6.59. The van der Waals surface area contributed by atoms with Crippen molar-refractivity contribution in [3.8, 4) is 0 Å². The Labute approximate surface area is 99.4 Å². The smallest absolute Gasteiger partial charge is 0.147 e. The van der Waals surface area contributed by atoms with Gasteiger partial charge in [0.2, 0.25) is 0 Å². The Balaban J connectivity index is 3.28. The largest absolute Gasteiger partial charge is 0.394 e. The molecule has 0 saturated heterocycles. The molecule has 1 aromatic heterocycles. The summed E-state index contributed by atoms with van der Waals surface area (Å²) in [6.45, 7) is 6.33. The maximum Gasteiger partial charge on any atom is 0.147 e. The first-order valence-corrected chi connectivity index (χ1v) is 5.69. The number of nitrogens with two attached hydrogens (primary N) is 1. The molecule has 0 bridgehead atoms. The fraction of sp³-hybridized carbons (Fsp3) is 0.571. The molecule has 0 radical (unpaired) electrons. The zero-order valence-electron chi connectivity index (χ0n) is 7.23. The van der Waals surface area contributed by atoms with Crippen LogP contribution in [0.4, 0.5) is 5.69 Å². The predicted molar refractivity (Wildman–Crippen MR) is 67.1 cm³/mol. The highest BCUT2D eigenvalue weighted by molar-refractivity contribution is 14.1. The van der Waals surface area contributed by atoms with Crippen LogP contribution in [-0.4, -0.2) is 9.78 Å². The first-order chi connectivity index (χ1) is 5.34. The molecular weight excluding hydrogens is 380 g/mol. The topological polar surface area (TPSA) is 43.8 Å². The van der Waals surface area contributed by atoms with Gasteiger partial charge in [0.05, 0.1) is 11.2 Å². The maximum atomic E-state index is 5.80. The van der Waals surface area contributed by atoms with Gasteiger partial charge in [-0.15, -0.1) is 0 Å². The standard InChI is InChI=1S/C7H11I2N3/c1-7(2,3)12-6(9)4(10)5(8)11-12/h10H2,1-3H3. The molecule has 5 heteroatoms. The second-order valence-corrected chi connectivity index (χ2v) is 5.62. The van der Waals surface area contributed by atoms with E-state index in [0.29, 0.717) is 0 Å². The molecule has 1 heterocycles. The molecule has 0 saturated carbocycles. The molecule has 0 aromatic carbocycles. The van der Waals surface area contributed by atoms with E-state index in [0.717, 1.165) is 13.1 Å². The van der Waals surface area contributed by atoms with E-state index < -0.39 is 0 Å². The highest BCUT2D eigenvalue weighted by atomic mass is 127. The van der Waals surface area contributed by atoms with Gasteiger partial charge in [-0.25, -0.2) is 0 Å². The van der Waals surface area contributed by atoms with Gasteiger partial charge >= 0.3 is 0 Å². The summed E-state index contributed by atoms with van der Waals surface area (Å²) in [7, 11) is 0. The van der Waals surface area contributed by atoms with Gasteiger partial charge in [0.25, 0.3) is 0 Å². The van der Waals surface area contributed by atoms with Crippen molar-refractivity contribution >= 4 is 50.9 Å². The predicted octanol–water partition coefficient (Wildman–Crippen LogP) is 2.43. The van der Waals surface area contributed by atoms with Crippen LogP contribution in [0.5, 0.6) is 0 Å². The van der Waals surface area contributed by atoms with Crippen molar-refractivity contribution in [2.24, 2.45) is 0 Å². The van der Waals surface area contributed by atoms with Gasteiger partial charge in [0.1, 0.15) is 7.40 Å². The van der Waals surface area contributed by atoms with Gasteiger partial charge in [-0.1, -0.05) is 0 Å². The number of nitrogen functional groups attached to an aromatic ring is 1. The average Bonchev–Trinajstić information content (AvgIpc) is 2.15. The second-order valence-electron chi connectivity index (χ2n) is 3.58. The Morgan fingerprint density at radius 3 is 2.00 bits per heavy atom. The zero-order valence-corrected chi connectivity index (χ0v) is 11.5. The van der Waals surface area contributed by atoms with Gasteiger partial charge in [-0.3, -0.25) is 4.68 Å². The summed E-state index contributed by atoms with van der Waals surface area (Å²) in [4.78, 5) is 0. The number of hydrogen-bond acceptors (Lipinski definition) is 2. The fourth-order valence-corrected chi connectivity index (χ4v) is 2.90. The lowest BCUT2D eigenvalue weighted by Gasteiger charge is -2.20. The summed E-state index contributed by atoms with van der Waals surface area (Å²) >= 11 is 4.37. The van der Waals surface area contributed by atoms with Crippen molar-refractivity contribution in [2.75, 3.05) is 5.73 Å². The molecule has 3 nitrogen and oxygen atoms in total. The quantitative estimate of drug-likeness (QED) is 0.691. The molecule has 0 spiro atoms. The molecule has 0 atom stereocenters. The van der Waals surface area contributed by atoms with Crippen molar-refractivity contribution in [3.05, 3.63) is 7.40 Å². The van der Waals surface area contributed by atoms with Crippen LogP contribution in [0.1, 0.15) is 20.8 Å². The lowest BCUT2D eigenvalue weighted by atomic mass is 10.1. The van der Waals surface area contributed by atoms with E-state index in [9.17, 15) is 0 Å². The first kappa shape index (κ1) is 10.6. The van der Waals surface area contributed by atoms with E-state index in [1.165, 1.54) is 0 Å². The van der Waals surface area contributed by atoms with Crippen LogP contribution < -0.4 is 5.73 Å². The monoisotopic (exact) mass is 391 g/mol. The van der Waals surface area contributed by atoms with E-state index in [1.807, 2.05) is 4.68 Å². The minimum atomic E-state index is 0.00800. The van der Waals surface area contributed by atoms with Crippen LogP contribution in [0.25, 0.3) is 0 Å². The molecule has 0 unspecified atom stereocenters. The van der Waals surface area contributed by atoms with Crippen LogP contribution >= 0.6 is 45.2 Å². The normalized spacial score (nSPS) is 12.1. The molecule has 0 aliphatic rings. The molecule has 68 valence electrons. The molecule has 0 fully saturated rings. The number of hydrogen-bond donors (Lipinski definition) is 1. The third kappa shape index (κ3) is 1.86. The summed E-state index contributed by atoms with van der Waals surface area (Å²) in [5.74, 6) is 0. The average molecular weight is 391 g/mol. The number of nitrogens with zero attached hydrogens (tertiary/aromatic N) is 2. The number of rotatable bonds is 0. The molecule has 1 rings (SSSR count). The molecule has 12 heavy (non-hydrogen) atoms. The van der Waals surface area contributed by atoms with Gasteiger partial charge in [-0.2, -0.15) is 5.10 Å². The van der Waals surface area contributed by atoms with E-state index in [2.05, 4.69) is 71.1 Å². The zero-order chi connectivity index (χ0) is 9.52. The Morgan fingerprint density at radius 2 is 1.83 bits per heavy atom. The number of halogens is 2. The lowest BCUT2D eigenvalue weighted by molar-refractivity contribution is 0.346. The van der Waals surface area contributed by atoms with Crippen LogP contribution in [0.2, 0.25) is 0 Å². The SMILES string of the molecule is CC(C)(C)n1nc(I)c(N)c1I. The van der Waals surface area contributed by atoms with Crippen LogP contribution in [0.15, 0.2) is 0 Å². The van der Waals surface area contributed by atoms with Crippen molar-refractivity contribution in [1.82, 2.24) is 9.78 Å². The molecular formula is C7H11I2N3. The molecule has 0 aliphatic heterocycles. The van der Waals surface area contributed by atoms with Crippen molar-refractivity contribution in [3.63, 3.8) is 0 Å². The van der Waals surface area contributed by atoms with Crippen LogP contribution in [0.3, 0.4) is 0 Å². The third-order valence-corrected chi connectivity index (χ3v) is 3.29. The van der Waals surface area contributed by atoms with Crippen LogP contribution in [-0.2, 0) is 5.54 Å². The Bertz CT molecular complexity index is 298. The molecule has 2 N–H and O–H groups in total. The van der Waals surface area contributed by atoms with Gasteiger partial charge in [0.15, 0.2) is 0 Å². The van der Waals surface area contributed by atoms with E-state index in [4.69, 9.17) is 5.73 Å². The minimum Gasteiger partial charge on any atom is -0.394 e. The second kappa shape index (κ2) is 3.32. The van der Waals surface area contributed by atoms with Crippen molar-refractivity contribution < 1.29 is 0 Å². The minimum absolute atomic E-state index is 0.00800. The van der Waals surface area contributed by atoms with E-state index in [-0.39, 0.29) is 5.54 Å². The highest BCUT2D eigenvalue weighted by Gasteiger charge is 2.20.